The molecule has 1 aliphatic rings. The number of hydrogen-bond acceptors (Lipinski definition) is 5. The van der Waals surface area contributed by atoms with Gasteiger partial charge < -0.3 is 25.4 Å². The number of nitrogens with one attached hydrogen (secondary N) is 1. The second kappa shape index (κ2) is 7.38. The number of carbonyl (C=O) groups is 2. The van der Waals surface area contributed by atoms with Crippen LogP contribution in [-0.4, -0.2) is 54.0 Å². The summed E-state index contributed by atoms with van der Waals surface area (Å²) in [5, 5.41) is 2.86. The Kier molecular flexibility index (Phi) is 6.27. The lowest BCUT2D eigenvalue weighted by molar-refractivity contribution is 0.0122. The van der Waals surface area contributed by atoms with E-state index in [1.807, 2.05) is 41.5 Å². The van der Waals surface area contributed by atoms with Gasteiger partial charge in [-0.25, -0.2) is 9.59 Å². The van der Waals surface area contributed by atoms with Crippen LogP contribution in [-0.2, 0) is 9.47 Å². The Bertz CT molecular complexity index is 426. The number of hydrogen-bond donors (Lipinski definition) is 2. The van der Waals surface area contributed by atoms with Crippen molar-refractivity contribution in [2.45, 2.75) is 65.2 Å². The van der Waals surface area contributed by atoms with Crippen LogP contribution in [0, 0.1) is 5.92 Å². The van der Waals surface area contributed by atoms with Gasteiger partial charge in [-0.1, -0.05) is 0 Å². The lowest BCUT2D eigenvalue weighted by Crippen LogP contribution is -2.55. The summed E-state index contributed by atoms with van der Waals surface area (Å²) in [6, 6.07) is -0.103. The predicted molar refractivity (Wildman–Crippen MR) is 88.1 cm³/mol. The second-order valence-corrected chi connectivity index (χ2v) is 7.96. The summed E-state index contributed by atoms with van der Waals surface area (Å²) in [4.78, 5) is 25.7. The standard InChI is InChI=1S/C16H31N3O4/c1-15(2,3)22-13(20)18-12-7-8-19(10-11(12)9-17)14(21)23-16(4,5)6/h11-12H,7-10,17H2,1-6H3,(H,18,20)/t11-,12+/m0/s1. The molecule has 2 amide bonds. The Morgan fingerprint density at radius 3 is 2.17 bits per heavy atom. The highest BCUT2D eigenvalue weighted by atomic mass is 16.6. The van der Waals surface area contributed by atoms with Crippen molar-refractivity contribution in [3.8, 4) is 0 Å². The molecule has 0 aromatic carbocycles. The molecule has 0 aromatic heterocycles. The van der Waals surface area contributed by atoms with Gasteiger partial charge in [0.15, 0.2) is 0 Å². The summed E-state index contributed by atoms with van der Waals surface area (Å²) in [5.41, 5.74) is 4.75. The molecule has 0 radical (unpaired) electrons. The number of ether oxygens (including phenoxy) is 2. The molecule has 0 aliphatic carbocycles. The van der Waals surface area contributed by atoms with Gasteiger partial charge in [-0.15, -0.1) is 0 Å². The highest BCUT2D eigenvalue weighted by Gasteiger charge is 2.34. The zero-order valence-corrected chi connectivity index (χ0v) is 15.1. The van der Waals surface area contributed by atoms with Crippen molar-refractivity contribution in [3.05, 3.63) is 0 Å². The van der Waals surface area contributed by atoms with E-state index in [4.69, 9.17) is 15.2 Å². The highest BCUT2D eigenvalue weighted by molar-refractivity contribution is 5.69. The maximum atomic E-state index is 12.1. The van der Waals surface area contributed by atoms with Crippen LogP contribution in [0.15, 0.2) is 0 Å². The average Bonchev–Trinajstić information content (AvgIpc) is 2.34. The molecule has 1 fully saturated rings. The van der Waals surface area contributed by atoms with Gasteiger partial charge in [0.05, 0.1) is 0 Å². The minimum Gasteiger partial charge on any atom is -0.444 e. The van der Waals surface area contributed by atoms with Gasteiger partial charge in [-0.05, 0) is 54.5 Å². The molecule has 7 heteroatoms. The van der Waals surface area contributed by atoms with E-state index in [0.717, 1.165) is 0 Å². The third kappa shape index (κ3) is 7.07. The first-order chi connectivity index (χ1) is 10.4. The summed E-state index contributed by atoms with van der Waals surface area (Å²) in [6.07, 6.45) is -0.168. The average molecular weight is 329 g/mol. The third-order valence-corrected chi connectivity index (χ3v) is 3.39. The second-order valence-electron chi connectivity index (χ2n) is 7.96. The van der Waals surface area contributed by atoms with Crippen LogP contribution in [0.4, 0.5) is 9.59 Å². The molecule has 3 N–H and O–H groups in total. The van der Waals surface area contributed by atoms with Crippen molar-refractivity contribution in [3.63, 3.8) is 0 Å². The minimum atomic E-state index is -0.542. The van der Waals surface area contributed by atoms with Gasteiger partial charge in [-0.3, -0.25) is 0 Å². The van der Waals surface area contributed by atoms with Crippen molar-refractivity contribution >= 4 is 12.2 Å². The molecule has 0 saturated carbocycles. The van der Waals surface area contributed by atoms with E-state index in [1.54, 1.807) is 4.90 Å². The highest BCUT2D eigenvalue weighted by Crippen LogP contribution is 2.20. The number of amides is 2. The van der Waals surface area contributed by atoms with Gasteiger partial charge in [0, 0.05) is 25.0 Å². The number of carbonyl (C=O) groups excluding carboxylic acids is 2. The van der Waals surface area contributed by atoms with Crippen molar-refractivity contribution in [1.29, 1.82) is 0 Å². The van der Waals surface area contributed by atoms with E-state index in [1.165, 1.54) is 0 Å². The van der Waals surface area contributed by atoms with Gasteiger partial charge in [-0.2, -0.15) is 0 Å². The molecule has 1 heterocycles. The summed E-state index contributed by atoms with van der Waals surface area (Å²) in [6.45, 7) is 12.3. The number of rotatable bonds is 2. The molecular formula is C16H31N3O4. The van der Waals surface area contributed by atoms with E-state index in [-0.39, 0.29) is 18.1 Å². The van der Waals surface area contributed by atoms with Gasteiger partial charge in [0.1, 0.15) is 11.2 Å². The first-order valence-corrected chi connectivity index (χ1v) is 8.09. The molecule has 0 unspecified atom stereocenters. The van der Waals surface area contributed by atoms with E-state index >= 15 is 0 Å². The minimum absolute atomic E-state index is 0.0243. The van der Waals surface area contributed by atoms with Crippen LogP contribution in [0.2, 0.25) is 0 Å². The van der Waals surface area contributed by atoms with Gasteiger partial charge >= 0.3 is 12.2 Å². The SMILES string of the molecule is CC(C)(C)OC(=O)N[C@@H]1CCN(C(=O)OC(C)(C)C)C[C@@H]1CN. The zero-order valence-electron chi connectivity index (χ0n) is 15.1. The molecule has 1 aliphatic heterocycles. The van der Waals surface area contributed by atoms with Crippen molar-refractivity contribution < 1.29 is 19.1 Å². The smallest absolute Gasteiger partial charge is 0.410 e. The topological polar surface area (TPSA) is 93.9 Å². The first-order valence-electron chi connectivity index (χ1n) is 8.09. The van der Waals surface area contributed by atoms with E-state index in [2.05, 4.69) is 5.32 Å². The normalized spacial score (nSPS) is 22.5. The molecule has 0 aromatic rings. The monoisotopic (exact) mass is 329 g/mol. The van der Waals surface area contributed by atoms with Gasteiger partial charge in [0.2, 0.25) is 0 Å². The van der Waals surface area contributed by atoms with Crippen molar-refractivity contribution in [2.75, 3.05) is 19.6 Å². The van der Waals surface area contributed by atoms with Crippen LogP contribution in [0.5, 0.6) is 0 Å². The fourth-order valence-electron chi connectivity index (χ4n) is 2.41. The summed E-state index contributed by atoms with van der Waals surface area (Å²) in [7, 11) is 0. The third-order valence-electron chi connectivity index (χ3n) is 3.39. The maximum Gasteiger partial charge on any atom is 0.410 e. The summed E-state index contributed by atoms with van der Waals surface area (Å²) < 4.78 is 10.7. The lowest BCUT2D eigenvalue weighted by Gasteiger charge is -2.39. The van der Waals surface area contributed by atoms with Crippen LogP contribution in [0.1, 0.15) is 48.0 Å². The summed E-state index contributed by atoms with van der Waals surface area (Å²) in [5.74, 6) is -0.0243. The number of piperidine rings is 1. The Balaban J connectivity index is 2.59. The predicted octanol–water partition coefficient (Wildman–Crippen LogP) is 2.10. The zero-order chi connectivity index (χ0) is 17.8. The molecule has 134 valence electrons. The molecule has 0 spiro atoms. The Morgan fingerprint density at radius 1 is 1.13 bits per heavy atom. The Morgan fingerprint density at radius 2 is 1.70 bits per heavy atom. The van der Waals surface area contributed by atoms with Crippen LogP contribution < -0.4 is 11.1 Å². The largest absolute Gasteiger partial charge is 0.444 e. The quantitative estimate of drug-likeness (QED) is 0.809. The molecule has 1 saturated heterocycles. The fourth-order valence-corrected chi connectivity index (χ4v) is 2.41. The molecule has 0 bridgehead atoms. The molecule has 7 nitrogen and oxygen atoms in total. The van der Waals surface area contributed by atoms with Crippen molar-refractivity contribution in [1.82, 2.24) is 10.2 Å². The Labute approximate surface area is 138 Å². The Hall–Kier alpha value is -1.50. The van der Waals surface area contributed by atoms with Gasteiger partial charge in [0.25, 0.3) is 0 Å². The van der Waals surface area contributed by atoms with Crippen molar-refractivity contribution in [2.24, 2.45) is 11.7 Å². The first kappa shape index (κ1) is 19.5. The summed E-state index contributed by atoms with van der Waals surface area (Å²) >= 11 is 0. The number of likely N-dealkylation sites (tertiary alicyclic amines) is 1. The van der Waals surface area contributed by atoms with Crippen LogP contribution in [0.3, 0.4) is 0 Å². The van der Waals surface area contributed by atoms with Crippen LogP contribution >= 0.6 is 0 Å². The molecule has 2 atom stereocenters. The number of alkyl carbamates (subject to hydrolysis) is 1. The van der Waals surface area contributed by atoms with E-state index in [9.17, 15) is 9.59 Å². The number of nitrogens with two attached hydrogens (primary N) is 1. The van der Waals surface area contributed by atoms with E-state index in [0.29, 0.717) is 26.1 Å². The lowest BCUT2D eigenvalue weighted by atomic mass is 9.92. The van der Waals surface area contributed by atoms with Crippen LogP contribution in [0.25, 0.3) is 0 Å². The van der Waals surface area contributed by atoms with E-state index < -0.39 is 17.3 Å². The fraction of sp³-hybridized carbons (Fsp3) is 0.875. The number of nitrogens with zero attached hydrogens (tertiary/aromatic N) is 1. The molecule has 1 rings (SSSR count). The molecular weight excluding hydrogens is 298 g/mol. The molecule has 23 heavy (non-hydrogen) atoms. The maximum absolute atomic E-state index is 12.1.